The number of hydrogen-bond donors (Lipinski definition) is 2. The van der Waals surface area contributed by atoms with Gasteiger partial charge in [-0.15, -0.1) is 0 Å². The molecule has 4 nitrogen and oxygen atoms in total. The van der Waals surface area contributed by atoms with E-state index in [1.54, 1.807) is 6.07 Å². The molecule has 4 N–H and O–H groups in total. The van der Waals surface area contributed by atoms with Gasteiger partial charge in [0.05, 0.1) is 13.2 Å². The summed E-state index contributed by atoms with van der Waals surface area (Å²) in [7, 11) is 1.45. The largest absolute Gasteiger partial charge is 0.497 e. The van der Waals surface area contributed by atoms with Crippen molar-refractivity contribution in [3.8, 4) is 5.75 Å². The summed E-state index contributed by atoms with van der Waals surface area (Å²) in [6, 6.07) is 3.50. The zero-order chi connectivity index (χ0) is 11.4. The first-order chi connectivity index (χ1) is 7.04. The summed E-state index contributed by atoms with van der Waals surface area (Å²) in [5.74, 6) is -0.680. The number of carbonyl (C=O) groups excluding carboxylic acids is 1. The van der Waals surface area contributed by atoms with E-state index < -0.39 is 17.8 Å². The normalized spacial score (nSPS) is 12.2. The maximum absolute atomic E-state index is 13.4. The van der Waals surface area contributed by atoms with Gasteiger partial charge in [-0.1, -0.05) is 6.07 Å². The summed E-state index contributed by atoms with van der Waals surface area (Å²) >= 11 is 0. The van der Waals surface area contributed by atoms with E-state index in [9.17, 15) is 9.18 Å². The fraction of sp³-hybridized carbons (Fsp3) is 0.300. The average molecular weight is 212 g/mol. The Morgan fingerprint density at radius 2 is 2.27 bits per heavy atom. The molecule has 82 valence electrons. The number of nitrogens with two attached hydrogens (primary N) is 2. The summed E-state index contributed by atoms with van der Waals surface area (Å²) in [4.78, 5) is 10.7. The number of amides is 1. The van der Waals surface area contributed by atoms with Gasteiger partial charge in [0.25, 0.3) is 0 Å². The molecule has 0 aromatic heterocycles. The maximum Gasteiger partial charge on any atom is 0.234 e. The van der Waals surface area contributed by atoms with Crippen LogP contribution in [-0.4, -0.2) is 19.1 Å². The molecule has 0 fully saturated rings. The van der Waals surface area contributed by atoms with Gasteiger partial charge in [0.1, 0.15) is 11.6 Å². The van der Waals surface area contributed by atoms with Crippen LogP contribution in [0, 0.1) is 5.82 Å². The van der Waals surface area contributed by atoms with Crippen molar-refractivity contribution in [2.75, 3.05) is 7.11 Å². The minimum Gasteiger partial charge on any atom is -0.497 e. The summed E-state index contributed by atoms with van der Waals surface area (Å²) in [6.07, 6.45) is 0.0885. The van der Waals surface area contributed by atoms with Gasteiger partial charge in [-0.2, -0.15) is 0 Å². The number of halogens is 1. The Kier molecular flexibility index (Phi) is 3.62. The summed E-state index contributed by atoms with van der Waals surface area (Å²) in [5.41, 5.74) is 10.7. The fourth-order valence-electron chi connectivity index (χ4n) is 1.16. The monoisotopic (exact) mass is 212 g/mol. The molecular weight excluding hydrogens is 199 g/mol. The molecule has 0 heterocycles. The van der Waals surface area contributed by atoms with E-state index in [4.69, 9.17) is 16.2 Å². The molecule has 1 aromatic rings. The Labute approximate surface area is 87.0 Å². The smallest absolute Gasteiger partial charge is 0.234 e. The van der Waals surface area contributed by atoms with Crippen LogP contribution in [0.15, 0.2) is 18.2 Å². The van der Waals surface area contributed by atoms with Crippen LogP contribution >= 0.6 is 0 Å². The van der Waals surface area contributed by atoms with Crippen molar-refractivity contribution in [3.63, 3.8) is 0 Å². The number of carbonyl (C=O) groups is 1. The molecule has 0 saturated heterocycles. The SMILES string of the molecule is COc1ccc(C[C@H](N)C(N)=O)c(F)c1. The highest BCUT2D eigenvalue weighted by atomic mass is 19.1. The third kappa shape index (κ3) is 2.92. The van der Waals surface area contributed by atoms with Gasteiger partial charge in [0.15, 0.2) is 0 Å². The van der Waals surface area contributed by atoms with E-state index in [0.717, 1.165) is 0 Å². The standard InChI is InChI=1S/C10H13FN2O2/c1-15-7-3-2-6(8(11)5-7)4-9(12)10(13)14/h2-3,5,9H,4,12H2,1H3,(H2,13,14)/t9-/m0/s1. The molecule has 1 amide bonds. The van der Waals surface area contributed by atoms with Crippen LogP contribution in [0.1, 0.15) is 5.56 Å². The van der Waals surface area contributed by atoms with Crippen molar-refractivity contribution in [1.82, 2.24) is 0 Å². The molecular formula is C10H13FN2O2. The maximum atomic E-state index is 13.4. The second-order valence-corrected chi connectivity index (χ2v) is 3.17. The Morgan fingerprint density at radius 1 is 1.60 bits per heavy atom. The van der Waals surface area contributed by atoms with Gasteiger partial charge in [-0.25, -0.2) is 4.39 Å². The number of methoxy groups -OCH3 is 1. The Balaban J connectivity index is 2.82. The number of ether oxygens (including phenoxy) is 1. The zero-order valence-corrected chi connectivity index (χ0v) is 8.37. The number of benzene rings is 1. The predicted molar refractivity (Wildman–Crippen MR) is 53.8 cm³/mol. The van der Waals surface area contributed by atoms with Crippen molar-refractivity contribution in [2.24, 2.45) is 11.5 Å². The lowest BCUT2D eigenvalue weighted by atomic mass is 10.1. The Bertz CT molecular complexity index is 368. The molecule has 1 aromatic carbocycles. The molecule has 0 spiro atoms. The second-order valence-electron chi connectivity index (χ2n) is 3.17. The second kappa shape index (κ2) is 4.75. The molecule has 0 unspecified atom stereocenters. The molecule has 0 aliphatic heterocycles. The highest BCUT2D eigenvalue weighted by Gasteiger charge is 2.13. The quantitative estimate of drug-likeness (QED) is 0.747. The highest BCUT2D eigenvalue weighted by molar-refractivity contribution is 5.79. The highest BCUT2D eigenvalue weighted by Crippen LogP contribution is 2.17. The van der Waals surface area contributed by atoms with E-state index in [2.05, 4.69) is 0 Å². The van der Waals surface area contributed by atoms with Crippen molar-refractivity contribution in [1.29, 1.82) is 0 Å². The van der Waals surface area contributed by atoms with Crippen LogP contribution in [0.3, 0.4) is 0 Å². The third-order valence-corrected chi connectivity index (χ3v) is 2.07. The first kappa shape index (κ1) is 11.5. The van der Waals surface area contributed by atoms with E-state index in [1.165, 1.54) is 19.2 Å². The van der Waals surface area contributed by atoms with E-state index in [0.29, 0.717) is 11.3 Å². The fourth-order valence-corrected chi connectivity index (χ4v) is 1.16. The van der Waals surface area contributed by atoms with Crippen LogP contribution < -0.4 is 16.2 Å². The van der Waals surface area contributed by atoms with Crippen LogP contribution in [0.25, 0.3) is 0 Å². The minimum absolute atomic E-state index is 0.0885. The zero-order valence-electron chi connectivity index (χ0n) is 8.37. The lowest BCUT2D eigenvalue weighted by Gasteiger charge is -2.09. The topological polar surface area (TPSA) is 78.3 Å². The molecule has 0 aliphatic rings. The van der Waals surface area contributed by atoms with Crippen molar-refractivity contribution in [2.45, 2.75) is 12.5 Å². The first-order valence-corrected chi connectivity index (χ1v) is 4.42. The third-order valence-electron chi connectivity index (χ3n) is 2.07. The van der Waals surface area contributed by atoms with Crippen LogP contribution in [0.2, 0.25) is 0 Å². The lowest BCUT2D eigenvalue weighted by Crippen LogP contribution is -2.38. The molecule has 0 aliphatic carbocycles. The van der Waals surface area contributed by atoms with Gasteiger partial charge in [0.2, 0.25) is 5.91 Å². The number of rotatable bonds is 4. The summed E-state index contributed by atoms with van der Waals surface area (Å²) in [5, 5.41) is 0. The van der Waals surface area contributed by atoms with Crippen molar-refractivity contribution >= 4 is 5.91 Å². The molecule has 15 heavy (non-hydrogen) atoms. The Hall–Kier alpha value is -1.62. The molecule has 1 atom stereocenters. The molecule has 0 bridgehead atoms. The molecule has 0 saturated carbocycles. The van der Waals surface area contributed by atoms with Gasteiger partial charge in [0, 0.05) is 6.07 Å². The van der Waals surface area contributed by atoms with E-state index in [1.807, 2.05) is 0 Å². The molecule has 0 radical (unpaired) electrons. The van der Waals surface area contributed by atoms with Crippen LogP contribution in [0.4, 0.5) is 4.39 Å². The Morgan fingerprint density at radius 3 is 2.73 bits per heavy atom. The number of hydrogen-bond acceptors (Lipinski definition) is 3. The van der Waals surface area contributed by atoms with E-state index >= 15 is 0 Å². The van der Waals surface area contributed by atoms with E-state index in [-0.39, 0.29) is 6.42 Å². The lowest BCUT2D eigenvalue weighted by molar-refractivity contribution is -0.119. The number of primary amides is 1. The van der Waals surface area contributed by atoms with Gasteiger partial charge >= 0.3 is 0 Å². The van der Waals surface area contributed by atoms with Crippen molar-refractivity contribution in [3.05, 3.63) is 29.6 Å². The molecule has 1 rings (SSSR count). The summed E-state index contributed by atoms with van der Waals surface area (Å²) in [6.45, 7) is 0. The molecule has 5 heteroatoms. The van der Waals surface area contributed by atoms with Gasteiger partial charge in [-0.05, 0) is 18.1 Å². The van der Waals surface area contributed by atoms with Crippen molar-refractivity contribution < 1.29 is 13.9 Å². The van der Waals surface area contributed by atoms with Crippen LogP contribution in [0.5, 0.6) is 5.75 Å². The predicted octanol–water partition coefficient (Wildman–Crippen LogP) is 0.189. The average Bonchev–Trinajstić information content (AvgIpc) is 2.20. The van der Waals surface area contributed by atoms with Gasteiger partial charge < -0.3 is 16.2 Å². The van der Waals surface area contributed by atoms with Crippen LogP contribution in [-0.2, 0) is 11.2 Å². The van der Waals surface area contributed by atoms with Gasteiger partial charge in [-0.3, -0.25) is 4.79 Å². The first-order valence-electron chi connectivity index (χ1n) is 4.42. The minimum atomic E-state index is -0.868. The summed E-state index contributed by atoms with van der Waals surface area (Å²) < 4.78 is 18.2.